The van der Waals surface area contributed by atoms with Crippen LogP contribution in [0.3, 0.4) is 0 Å². The summed E-state index contributed by atoms with van der Waals surface area (Å²) in [4.78, 5) is 14.6. The first-order valence-corrected chi connectivity index (χ1v) is 7.00. The number of hydrogen-bond donors (Lipinski definition) is 1. The Morgan fingerprint density at radius 2 is 2.11 bits per heavy atom. The Morgan fingerprint density at radius 3 is 2.67 bits per heavy atom. The second kappa shape index (κ2) is 5.27. The van der Waals surface area contributed by atoms with Gasteiger partial charge in [0.05, 0.1) is 6.07 Å². The van der Waals surface area contributed by atoms with Gasteiger partial charge in [-0.15, -0.1) is 0 Å². The van der Waals surface area contributed by atoms with Gasteiger partial charge in [0.1, 0.15) is 5.41 Å². The highest BCUT2D eigenvalue weighted by molar-refractivity contribution is 5.86. The van der Waals surface area contributed by atoms with Crippen molar-refractivity contribution in [2.75, 3.05) is 13.6 Å². The summed E-state index contributed by atoms with van der Waals surface area (Å²) in [7, 11) is 2.12. The highest BCUT2D eigenvalue weighted by Crippen LogP contribution is 2.37. The lowest BCUT2D eigenvalue weighted by molar-refractivity contribution is -0.129. The third-order valence-corrected chi connectivity index (χ3v) is 4.65. The monoisotopic (exact) mass is 249 g/mol. The molecule has 100 valence electrons. The number of nitrogens with one attached hydrogen (secondary N) is 1. The van der Waals surface area contributed by atoms with Crippen LogP contribution in [0.2, 0.25) is 0 Å². The molecule has 1 saturated heterocycles. The third-order valence-electron chi connectivity index (χ3n) is 4.65. The fraction of sp³-hybridized carbons (Fsp3) is 0.857. The highest BCUT2D eigenvalue weighted by atomic mass is 16.2. The minimum absolute atomic E-state index is 0.0238. The molecule has 18 heavy (non-hydrogen) atoms. The molecule has 1 heterocycles. The van der Waals surface area contributed by atoms with Crippen molar-refractivity contribution in [1.29, 1.82) is 5.26 Å². The molecule has 2 aliphatic rings. The van der Waals surface area contributed by atoms with Crippen molar-refractivity contribution < 1.29 is 4.79 Å². The summed E-state index contributed by atoms with van der Waals surface area (Å²) in [5, 5.41) is 12.4. The van der Waals surface area contributed by atoms with Crippen molar-refractivity contribution >= 4 is 5.91 Å². The zero-order valence-electron chi connectivity index (χ0n) is 11.4. The van der Waals surface area contributed by atoms with Gasteiger partial charge in [0.2, 0.25) is 5.91 Å². The van der Waals surface area contributed by atoms with E-state index in [9.17, 15) is 10.1 Å². The number of carbonyl (C=O) groups excluding carboxylic acids is 1. The number of carbonyl (C=O) groups is 1. The van der Waals surface area contributed by atoms with Crippen molar-refractivity contribution in [1.82, 2.24) is 10.2 Å². The van der Waals surface area contributed by atoms with Gasteiger partial charge in [-0.2, -0.15) is 5.26 Å². The predicted molar refractivity (Wildman–Crippen MR) is 69.8 cm³/mol. The summed E-state index contributed by atoms with van der Waals surface area (Å²) in [5.41, 5.74) is -0.730. The van der Waals surface area contributed by atoms with E-state index in [0.717, 1.165) is 45.1 Å². The minimum Gasteiger partial charge on any atom is -0.352 e. The molecular weight excluding hydrogens is 226 g/mol. The maximum atomic E-state index is 12.3. The molecule has 0 spiro atoms. The Morgan fingerprint density at radius 1 is 1.44 bits per heavy atom. The highest BCUT2D eigenvalue weighted by Gasteiger charge is 2.42. The molecule has 4 nitrogen and oxygen atoms in total. The fourth-order valence-corrected chi connectivity index (χ4v) is 3.11. The summed E-state index contributed by atoms with van der Waals surface area (Å²) >= 11 is 0. The molecule has 1 N–H and O–H groups in total. The van der Waals surface area contributed by atoms with E-state index in [-0.39, 0.29) is 11.9 Å². The number of nitriles is 1. The first-order valence-electron chi connectivity index (χ1n) is 7.00. The Kier molecular flexibility index (Phi) is 3.91. The number of nitrogens with zero attached hydrogens (tertiary/aromatic N) is 2. The zero-order valence-corrected chi connectivity index (χ0v) is 11.4. The van der Waals surface area contributed by atoms with Crippen molar-refractivity contribution in [3.05, 3.63) is 0 Å². The van der Waals surface area contributed by atoms with Crippen LogP contribution in [0, 0.1) is 16.7 Å². The molecule has 2 atom stereocenters. The quantitative estimate of drug-likeness (QED) is 0.810. The van der Waals surface area contributed by atoms with Crippen molar-refractivity contribution in [3.63, 3.8) is 0 Å². The maximum Gasteiger partial charge on any atom is 0.240 e. The van der Waals surface area contributed by atoms with Crippen molar-refractivity contribution in [2.45, 2.75) is 57.5 Å². The van der Waals surface area contributed by atoms with Crippen LogP contribution in [0.5, 0.6) is 0 Å². The van der Waals surface area contributed by atoms with Crippen LogP contribution in [-0.4, -0.2) is 36.5 Å². The Balaban J connectivity index is 1.93. The Hall–Kier alpha value is -1.08. The van der Waals surface area contributed by atoms with Crippen LogP contribution in [-0.2, 0) is 4.79 Å². The molecule has 1 saturated carbocycles. The molecule has 0 aromatic rings. The molecule has 2 fully saturated rings. The Bertz CT molecular complexity index is 355. The molecule has 0 aromatic carbocycles. The van der Waals surface area contributed by atoms with Gasteiger partial charge in [-0.1, -0.05) is 12.8 Å². The summed E-state index contributed by atoms with van der Waals surface area (Å²) in [6, 6.07) is 3.01. The van der Waals surface area contributed by atoms with Gasteiger partial charge >= 0.3 is 0 Å². The lowest BCUT2D eigenvalue weighted by Crippen LogP contribution is -2.50. The molecule has 2 rings (SSSR count). The van der Waals surface area contributed by atoms with Gasteiger partial charge in [-0.25, -0.2) is 0 Å². The van der Waals surface area contributed by atoms with E-state index < -0.39 is 5.41 Å². The average Bonchev–Trinajstić information content (AvgIpc) is 2.84. The van der Waals surface area contributed by atoms with E-state index in [1.165, 1.54) is 0 Å². The van der Waals surface area contributed by atoms with E-state index >= 15 is 0 Å². The minimum atomic E-state index is -0.730. The van der Waals surface area contributed by atoms with Crippen LogP contribution in [0.25, 0.3) is 0 Å². The molecule has 0 radical (unpaired) electrons. The smallest absolute Gasteiger partial charge is 0.240 e. The molecule has 1 aliphatic heterocycles. The molecular formula is C14H23N3O. The number of piperidine rings is 1. The summed E-state index contributed by atoms with van der Waals surface area (Å²) < 4.78 is 0. The SMILES string of the molecule is CC1CC(NC(=O)C2(C#N)CCCC2)CCN1C. The molecule has 2 unspecified atom stereocenters. The summed E-state index contributed by atoms with van der Waals surface area (Å²) in [5.74, 6) is -0.0238. The first-order chi connectivity index (χ1) is 8.57. The van der Waals surface area contributed by atoms with Crippen LogP contribution < -0.4 is 5.32 Å². The number of amides is 1. The standard InChI is InChI=1S/C14H23N3O/c1-11-9-12(5-8-17(11)2)16-13(18)14(10-15)6-3-4-7-14/h11-12H,3-9H2,1-2H3,(H,16,18). The lowest BCUT2D eigenvalue weighted by Gasteiger charge is -2.36. The fourth-order valence-electron chi connectivity index (χ4n) is 3.11. The van der Waals surface area contributed by atoms with Crippen molar-refractivity contribution in [3.8, 4) is 6.07 Å². The zero-order chi connectivity index (χ0) is 13.2. The van der Waals surface area contributed by atoms with E-state index in [1.54, 1.807) is 0 Å². The van der Waals surface area contributed by atoms with Gasteiger partial charge in [-0.3, -0.25) is 4.79 Å². The van der Waals surface area contributed by atoms with Crippen LogP contribution >= 0.6 is 0 Å². The molecule has 4 heteroatoms. The maximum absolute atomic E-state index is 12.3. The van der Waals surface area contributed by atoms with Crippen molar-refractivity contribution in [2.24, 2.45) is 5.41 Å². The lowest BCUT2D eigenvalue weighted by atomic mass is 9.86. The Labute approximate surface area is 109 Å². The number of likely N-dealkylation sites (tertiary alicyclic amines) is 1. The number of rotatable bonds is 2. The van der Waals surface area contributed by atoms with Crippen LogP contribution in [0.15, 0.2) is 0 Å². The number of hydrogen-bond acceptors (Lipinski definition) is 3. The summed E-state index contributed by atoms with van der Waals surface area (Å²) in [6.45, 7) is 3.21. The van der Waals surface area contributed by atoms with Gasteiger partial charge in [-0.05, 0) is 39.7 Å². The van der Waals surface area contributed by atoms with E-state index in [0.29, 0.717) is 6.04 Å². The third kappa shape index (κ3) is 2.51. The van der Waals surface area contributed by atoms with Gasteiger partial charge in [0, 0.05) is 18.6 Å². The van der Waals surface area contributed by atoms with E-state index in [4.69, 9.17) is 0 Å². The average molecular weight is 249 g/mol. The largest absolute Gasteiger partial charge is 0.352 e. The summed E-state index contributed by atoms with van der Waals surface area (Å²) in [6.07, 6.45) is 5.46. The second-order valence-electron chi connectivity index (χ2n) is 5.93. The van der Waals surface area contributed by atoms with Crippen LogP contribution in [0.4, 0.5) is 0 Å². The normalized spacial score (nSPS) is 31.8. The molecule has 1 amide bonds. The molecule has 0 bridgehead atoms. The van der Waals surface area contributed by atoms with Gasteiger partial charge in [0.15, 0.2) is 0 Å². The van der Waals surface area contributed by atoms with Crippen LogP contribution in [0.1, 0.15) is 45.4 Å². The second-order valence-corrected chi connectivity index (χ2v) is 5.93. The van der Waals surface area contributed by atoms with E-state index in [2.05, 4.69) is 30.3 Å². The van der Waals surface area contributed by atoms with Gasteiger partial charge < -0.3 is 10.2 Å². The van der Waals surface area contributed by atoms with E-state index in [1.807, 2.05) is 0 Å². The molecule has 1 aliphatic carbocycles. The first kappa shape index (κ1) is 13.4. The molecule has 0 aromatic heterocycles. The van der Waals surface area contributed by atoms with Gasteiger partial charge in [0.25, 0.3) is 0 Å². The predicted octanol–water partition coefficient (Wildman–Crippen LogP) is 1.67. The topological polar surface area (TPSA) is 56.1 Å².